The first kappa shape index (κ1) is 15.3. The maximum atomic E-state index is 11.4. The number of aryl methyl sites for hydroxylation is 1. The summed E-state index contributed by atoms with van der Waals surface area (Å²) in [5, 5.41) is 0. The molecule has 2 rings (SSSR count). The maximum Gasteiger partial charge on any atom is 0.238 e. The van der Waals surface area contributed by atoms with Gasteiger partial charge in [0, 0.05) is 6.54 Å². The van der Waals surface area contributed by atoms with E-state index in [1.165, 1.54) is 0 Å². The van der Waals surface area contributed by atoms with Gasteiger partial charge in [-0.2, -0.15) is 0 Å². The number of hydrazine groups is 1. The quantitative estimate of drug-likeness (QED) is 0.482. The number of rotatable bonds is 6. The van der Waals surface area contributed by atoms with E-state index in [0.717, 1.165) is 35.7 Å². The molecule has 2 aromatic rings. The van der Waals surface area contributed by atoms with Crippen molar-refractivity contribution in [3.63, 3.8) is 0 Å². The molecule has 1 heterocycles. The van der Waals surface area contributed by atoms with Crippen LogP contribution in [-0.2, 0) is 24.3 Å². The lowest BCUT2D eigenvalue weighted by Gasteiger charge is -2.17. The van der Waals surface area contributed by atoms with Crippen LogP contribution >= 0.6 is 0 Å². The highest BCUT2D eigenvalue weighted by molar-refractivity contribution is 5.78. The zero-order valence-corrected chi connectivity index (χ0v) is 12.4. The van der Waals surface area contributed by atoms with Crippen molar-refractivity contribution in [3.8, 4) is 0 Å². The van der Waals surface area contributed by atoms with Gasteiger partial charge in [-0.05, 0) is 37.2 Å². The van der Waals surface area contributed by atoms with E-state index in [4.69, 9.17) is 10.3 Å². The van der Waals surface area contributed by atoms with Crippen LogP contribution in [0.15, 0.2) is 40.8 Å². The van der Waals surface area contributed by atoms with Crippen molar-refractivity contribution in [2.75, 3.05) is 7.05 Å². The molecule has 5 nitrogen and oxygen atoms in total. The fraction of sp³-hybridized carbons (Fsp3) is 0.312. The summed E-state index contributed by atoms with van der Waals surface area (Å²) < 4.78 is 5.58. The topological polar surface area (TPSA) is 71.5 Å². The Kier molecular flexibility index (Phi) is 5.14. The van der Waals surface area contributed by atoms with Gasteiger partial charge in [0.2, 0.25) is 5.91 Å². The molecule has 0 spiro atoms. The van der Waals surface area contributed by atoms with Gasteiger partial charge in [0.15, 0.2) is 0 Å². The first-order valence-electron chi connectivity index (χ1n) is 6.88. The Bertz CT molecular complexity index is 607. The summed E-state index contributed by atoms with van der Waals surface area (Å²) in [6, 6.07) is 11.8. The van der Waals surface area contributed by atoms with E-state index >= 15 is 0 Å². The Morgan fingerprint density at radius 3 is 2.52 bits per heavy atom. The van der Waals surface area contributed by atoms with Crippen LogP contribution in [0, 0.1) is 6.92 Å². The maximum absolute atomic E-state index is 11.4. The average Bonchev–Trinajstić information content (AvgIpc) is 2.86. The molecule has 0 aliphatic carbocycles. The summed E-state index contributed by atoms with van der Waals surface area (Å²) in [6.45, 7) is 3.41. The van der Waals surface area contributed by atoms with Crippen molar-refractivity contribution in [2.24, 2.45) is 5.84 Å². The third-order valence-corrected chi connectivity index (χ3v) is 3.29. The van der Waals surface area contributed by atoms with Gasteiger partial charge in [-0.3, -0.25) is 15.1 Å². The highest BCUT2D eigenvalue weighted by Gasteiger charge is 2.10. The lowest BCUT2D eigenvalue weighted by atomic mass is 10.0. The molecule has 0 bridgehead atoms. The van der Waals surface area contributed by atoms with E-state index in [0.29, 0.717) is 6.42 Å². The van der Waals surface area contributed by atoms with Crippen molar-refractivity contribution in [3.05, 3.63) is 59.0 Å². The minimum Gasteiger partial charge on any atom is -0.465 e. The number of hydrogen-bond donors (Lipinski definition) is 2. The first-order valence-corrected chi connectivity index (χ1v) is 6.88. The molecule has 0 saturated heterocycles. The fourth-order valence-electron chi connectivity index (χ4n) is 2.29. The Morgan fingerprint density at radius 2 is 1.90 bits per heavy atom. The number of carbonyl (C=O) groups excluding carboxylic acids is 1. The van der Waals surface area contributed by atoms with Crippen molar-refractivity contribution < 1.29 is 9.21 Å². The minimum absolute atomic E-state index is 0.188. The Hall–Kier alpha value is -2.11. The minimum atomic E-state index is -0.188. The second-order valence-electron chi connectivity index (χ2n) is 5.20. The van der Waals surface area contributed by atoms with Crippen LogP contribution < -0.4 is 11.3 Å². The van der Waals surface area contributed by atoms with E-state index in [1.807, 2.05) is 50.4 Å². The van der Waals surface area contributed by atoms with E-state index in [2.05, 4.69) is 10.3 Å². The van der Waals surface area contributed by atoms with E-state index in [1.54, 1.807) is 0 Å². The van der Waals surface area contributed by atoms with E-state index in [9.17, 15) is 4.79 Å². The van der Waals surface area contributed by atoms with Crippen molar-refractivity contribution in [2.45, 2.75) is 26.4 Å². The van der Waals surface area contributed by atoms with Crippen molar-refractivity contribution >= 4 is 5.91 Å². The molecule has 3 N–H and O–H groups in total. The van der Waals surface area contributed by atoms with Crippen LogP contribution in [0.2, 0.25) is 0 Å². The van der Waals surface area contributed by atoms with E-state index < -0.39 is 0 Å². The summed E-state index contributed by atoms with van der Waals surface area (Å²) in [4.78, 5) is 13.6. The average molecular weight is 287 g/mol. The number of carbonyl (C=O) groups is 1. The highest BCUT2D eigenvalue weighted by atomic mass is 16.3. The molecule has 1 aromatic carbocycles. The van der Waals surface area contributed by atoms with Crippen LogP contribution in [0.25, 0.3) is 0 Å². The summed E-state index contributed by atoms with van der Waals surface area (Å²) in [5.74, 6) is 6.82. The number of amides is 1. The molecule has 0 aliphatic rings. The van der Waals surface area contributed by atoms with Crippen LogP contribution in [0.1, 0.15) is 22.6 Å². The molecule has 1 amide bonds. The lowest BCUT2D eigenvalue weighted by molar-refractivity contribution is -0.120. The van der Waals surface area contributed by atoms with Gasteiger partial charge in [-0.15, -0.1) is 0 Å². The smallest absolute Gasteiger partial charge is 0.238 e. The number of hydrogen-bond acceptors (Lipinski definition) is 4. The van der Waals surface area contributed by atoms with E-state index in [-0.39, 0.29) is 5.91 Å². The predicted molar refractivity (Wildman–Crippen MR) is 81.1 cm³/mol. The van der Waals surface area contributed by atoms with Gasteiger partial charge < -0.3 is 4.42 Å². The van der Waals surface area contributed by atoms with Crippen LogP contribution in [0.5, 0.6) is 0 Å². The zero-order chi connectivity index (χ0) is 15.2. The fourth-order valence-corrected chi connectivity index (χ4v) is 2.29. The monoisotopic (exact) mass is 287 g/mol. The molecule has 112 valence electrons. The Labute approximate surface area is 124 Å². The zero-order valence-electron chi connectivity index (χ0n) is 12.4. The summed E-state index contributed by atoms with van der Waals surface area (Å²) in [7, 11) is 2.03. The van der Waals surface area contributed by atoms with Gasteiger partial charge in [0.25, 0.3) is 0 Å². The normalized spacial score (nSPS) is 10.9. The van der Waals surface area contributed by atoms with Gasteiger partial charge in [0.1, 0.15) is 11.5 Å². The summed E-state index contributed by atoms with van der Waals surface area (Å²) in [6.07, 6.45) is 0.292. The Balaban J connectivity index is 2.03. The summed E-state index contributed by atoms with van der Waals surface area (Å²) in [5.41, 5.74) is 4.28. The van der Waals surface area contributed by atoms with Gasteiger partial charge in [0.05, 0.1) is 13.0 Å². The second kappa shape index (κ2) is 7.06. The molecular formula is C16H21N3O2. The molecule has 0 atom stereocenters. The van der Waals surface area contributed by atoms with Crippen molar-refractivity contribution in [1.82, 2.24) is 10.3 Å². The van der Waals surface area contributed by atoms with Crippen LogP contribution in [0.3, 0.4) is 0 Å². The van der Waals surface area contributed by atoms with Crippen molar-refractivity contribution in [1.29, 1.82) is 0 Å². The number of nitrogens with two attached hydrogens (primary N) is 1. The number of nitrogens with zero attached hydrogens (tertiary/aromatic N) is 1. The molecular weight excluding hydrogens is 266 g/mol. The molecule has 21 heavy (non-hydrogen) atoms. The second-order valence-corrected chi connectivity index (χ2v) is 5.20. The lowest BCUT2D eigenvalue weighted by Crippen LogP contribution is -2.31. The van der Waals surface area contributed by atoms with Gasteiger partial charge >= 0.3 is 0 Å². The number of benzene rings is 1. The van der Waals surface area contributed by atoms with Crippen LogP contribution in [-0.4, -0.2) is 17.9 Å². The van der Waals surface area contributed by atoms with Gasteiger partial charge in [-0.1, -0.05) is 24.3 Å². The molecule has 0 aliphatic heterocycles. The predicted octanol–water partition coefficient (Wildman–Crippen LogP) is 1.75. The molecule has 0 saturated carbocycles. The molecule has 0 radical (unpaired) electrons. The standard InChI is InChI=1S/C16H21N3O2/c1-12-7-8-15(21-12)11-19(2)10-14-6-4-3-5-13(14)9-16(20)18-17/h3-8H,9-11,17H2,1-2H3,(H,18,20). The third kappa shape index (κ3) is 4.44. The number of nitrogens with one attached hydrogen (secondary N) is 1. The highest BCUT2D eigenvalue weighted by Crippen LogP contribution is 2.15. The van der Waals surface area contributed by atoms with Gasteiger partial charge in [-0.25, -0.2) is 5.84 Å². The van der Waals surface area contributed by atoms with Crippen LogP contribution in [0.4, 0.5) is 0 Å². The first-order chi connectivity index (χ1) is 10.1. The third-order valence-electron chi connectivity index (χ3n) is 3.29. The molecule has 5 heteroatoms. The molecule has 0 unspecified atom stereocenters. The number of furan rings is 1. The Morgan fingerprint density at radius 1 is 1.19 bits per heavy atom. The molecule has 0 fully saturated rings. The summed E-state index contributed by atoms with van der Waals surface area (Å²) >= 11 is 0. The largest absolute Gasteiger partial charge is 0.465 e. The SMILES string of the molecule is Cc1ccc(CN(C)Cc2ccccc2CC(=O)NN)o1. The molecule has 1 aromatic heterocycles.